The molecular weight excluding hydrogens is 412 g/mol. The number of carbonyl (C=O) groups excluding carboxylic acids is 2. The summed E-state index contributed by atoms with van der Waals surface area (Å²) in [5, 5.41) is 16.4. The third kappa shape index (κ3) is 5.13. The first-order valence-corrected chi connectivity index (χ1v) is 12.9. The van der Waals surface area contributed by atoms with Crippen molar-refractivity contribution in [1.82, 2.24) is 5.32 Å². The van der Waals surface area contributed by atoms with Crippen LogP contribution < -0.4 is 10.6 Å². The van der Waals surface area contributed by atoms with Crippen molar-refractivity contribution >= 4 is 34.1 Å². The van der Waals surface area contributed by atoms with E-state index < -0.39 is 17.8 Å². The van der Waals surface area contributed by atoms with Gasteiger partial charge in [-0.1, -0.05) is 38.5 Å². The summed E-state index contributed by atoms with van der Waals surface area (Å²) in [6, 6.07) is 0.209. The van der Waals surface area contributed by atoms with Crippen molar-refractivity contribution in [2.75, 3.05) is 5.32 Å². The maximum absolute atomic E-state index is 13.4. The topological polar surface area (TPSA) is 95.5 Å². The molecule has 0 radical (unpaired) electrons. The Morgan fingerprint density at radius 3 is 2.19 bits per heavy atom. The lowest BCUT2D eigenvalue weighted by molar-refractivity contribution is -0.147. The van der Waals surface area contributed by atoms with Gasteiger partial charge in [0, 0.05) is 10.9 Å². The number of nitrogens with one attached hydrogen (secondary N) is 2. The minimum absolute atomic E-state index is 0.0694. The number of fused-ring (bicyclic) bond motifs is 1. The molecule has 0 aromatic carbocycles. The molecule has 3 aliphatic carbocycles. The number of aliphatic carboxylic acids is 1. The van der Waals surface area contributed by atoms with Gasteiger partial charge in [-0.15, -0.1) is 11.3 Å². The van der Waals surface area contributed by atoms with Gasteiger partial charge in [0.2, 0.25) is 5.91 Å². The number of carboxylic acids is 1. The SMILES string of the molecule is O=C(NC1CCCCC1)c1c(NC(=O)[C@@H]2CCCC[C@H]2C(=O)O)sc2c1CCCCC2. The Hall–Kier alpha value is -1.89. The summed E-state index contributed by atoms with van der Waals surface area (Å²) in [5.74, 6) is -2.36. The maximum atomic E-state index is 13.4. The van der Waals surface area contributed by atoms with Crippen molar-refractivity contribution in [3.63, 3.8) is 0 Å². The molecule has 2 saturated carbocycles. The van der Waals surface area contributed by atoms with Crippen LogP contribution in [0.15, 0.2) is 0 Å². The number of carbonyl (C=O) groups is 3. The third-order valence-electron chi connectivity index (χ3n) is 7.25. The van der Waals surface area contributed by atoms with Crippen LogP contribution >= 0.6 is 11.3 Å². The first-order chi connectivity index (χ1) is 15.0. The predicted molar refractivity (Wildman–Crippen MR) is 122 cm³/mol. The molecule has 3 aliphatic rings. The molecule has 1 aromatic heterocycles. The van der Waals surface area contributed by atoms with Crippen LogP contribution in [0.25, 0.3) is 0 Å². The molecule has 7 heteroatoms. The van der Waals surface area contributed by atoms with Crippen LogP contribution in [-0.2, 0) is 22.4 Å². The highest BCUT2D eigenvalue weighted by atomic mass is 32.1. The Bertz CT molecular complexity index is 828. The van der Waals surface area contributed by atoms with Crippen LogP contribution in [0.4, 0.5) is 5.00 Å². The number of anilines is 1. The largest absolute Gasteiger partial charge is 0.481 e. The second-order valence-corrected chi connectivity index (χ2v) is 10.5. The molecule has 2 atom stereocenters. The lowest BCUT2D eigenvalue weighted by atomic mass is 9.78. The van der Waals surface area contributed by atoms with E-state index in [-0.39, 0.29) is 17.9 Å². The second kappa shape index (κ2) is 10.2. The third-order valence-corrected chi connectivity index (χ3v) is 8.45. The molecule has 4 rings (SSSR count). The van der Waals surface area contributed by atoms with Gasteiger partial charge in [0.1, 0.15) is 5.00 Å². The molecule has 3 N–H and O–H groups in total. The van der Waals surface area contributed by atoms with Crippen molar-refractivity contribution in [2.24, 2.45) is 11.8 Å². The molecule has 31 heavy (non-hydrogen) atoms. The smallest absolute Gasteiger partial charge is 0.307 e. The van der Waals surface area contributed by atoms with Gasteiger partial charge in [-0.2, -0.15) is 0 Å². The van der Waals surface area contributed by atoms with E-state index in [1.54, 1.807) is 0 Å². The first-order valence-electron chi connectivity index (χ1n) is 12.0. The monoisotopic (exact) mass is 446 g/mol. The fourth-order valence-electron chi connectivity index (χ4n) is 5.52. The lowest BCUT2D eigenvalue weighted by Crippen LogP contribution is -2.38. The Labute approximate surface area is 188 Å². The maximum Gasteiger partial charge on any atom is 0.307 e. The van der Waals surface area contributed by atoms with Crippen LogP contribution in [-0.4, -0.2) is 28.9 Å². The van der Waals surface area contributed by atoms with Crippen molar-refractivity contribution in [3.05, 3.63) is 16.0 Å². The second-order valence-electron chi connectivity index (χ2n) is 9.40. The molecule has 1 aromatic rings. The van der Waals surface area contributed by atoms with Crippen molar-refractivity contribution in [3.8, 4) is 0 Å². The van der Waals surface area contributed by atoms with Gasteiger partial charge in [-0.3, -0.25) is 14.4 Å². The van der Waals surface area contributed by atoms with E-state index in [1.807, 2.05) is 0 Å². The standard InChI is InChI=1S/C24H34N2O4S/c27-21(16-11-7-8-12-17(16)24(29)30)26-23-20(18-13-5-2-6-14-19(18)31-23)22(28)25-15-9-3-1-4-10-15/h15-17H,1-14H2,(H,25,28)(H,26,27)(H,29,30)/t16-,17-/m1/s1. The van der Waals surface area contributed by atoms with E-state index in [4.69, 9.17) is 0 Å². The van der Waals surface area contributed by atoms with Crippen LogP contribution in [0.2, 0.25) is 0 Å². The van der Waals surface area contributed by atoms with Gasteiger partial charge in [-0.25, -0.2) is 0 Å². The fraction of sp³-hybridized carbons (Fsp3) is 0.708. The zero-order chi connectivity index (χ0) is 21.8. The zero-order valence-electron chi connectivity index (χ0n) is 18.2. The van der Waals surface area contributed by atoms with Crippen LogP contribution in [0.3, 0.4) is 0 Å². The van der Waals surface area contributed by atoms with Gasteiger partial charge in [-0.05, 0) is 56.9 Å². The minimum atomic E-state index is -0.892. The molecule has 0 saturated heterocycles. The Morgan fingerprint density at radius 2 is 1.45 bits per heavy atom. The summed E-state index contributed by atoms with van der Waals surface area (Å²) < 4.78 is 0. The molecule has 170 valence electrons. The van der Waals surface area contributed by atoms with E-state index >= 15 is 0 Å². The summed E-state index contributed by atoms with van der Waals surface area (Å²) in [5.41, 5.74) is 1.74. The average Bonchev–Trinajstić information content (AvgIpc) is 2.94. The van der Waals surface area contributed by atoms with Gasteiger partial charge in [0.15, 0.2) is 0 Å². The first kappa shape index (κ1) is 22.3. The normalized spacial score (nSPS) is 24.6. The molecule has 0 unspecified atom stereocenters. The van der Waals surface area contributed by atoms with Gasteiger partial charge >= 0.3 is 5.97 Å². The number of rotatable bonds is 5. The van der Waals surface area contributed by atoms with Crippen molar-refractivity contribution < 1.29 is 19.5 Å². The number of carboxylic acid groups (broad SMARTS) is 1. The van der Waals surface area contributed by atoms with Crippen LogP contribution in [0.1, 0.15) is 97.8 Å². The summed E-state index contributed by atoms with van der Waals surface area (Å²) in [7, 11) is 0. The van der Waals surface area contributed by atoms with Gasteiger partial charge in [0.05, 0.1) is 17.4 Å². The quantitative estimate of drug-likeness (QED) is 0.560. The highest BCUT2D eigenvalue weighted by Crippen LogP contribution is 2.39. The van der Waals surface area contributed by atoms with Crippen molar-refractivity contribution in [1.29, 1.82) is 0 Å². The van der Waals surface area contributed by atoms with Gasteiger partial charge < -0.3 is 15.7 Å². The van der Waals surface area contributed by atoms with E-state index in [0.717, 1.165) is 76.2 Å². The zero-order valence-corrected chi connectivity index (χ0v) is 19.0. The van der Waals surface area contributed by atoms with E-state index in [1.165, 1.54) is 22.6 Å². The van der Waals surface area contributed by atoms with Crippen LogP contribution in [0, 0.1) is 11.8 Å². The Balaban J connectivity index is 1.58. The highest BCUT2D eigenvalue weighted by molar-refractivity contribution is 7.17. The molecule has 0 bridgehead atoms. The van der Waals surface area contributed by atoms with Crippen molar-refractivity contribution in [2.45, 2.75) is 95.9 Å². The number of aryl methyl sites for hydroxylation is 1. The van der Waals surface area contributed by atoms with E-state index in [0.29, 0.717) is 23.4 Å². The highest BCUT2D eigenvalue weighted by Gasteiger charge is 2.37. The summed E-state index contributed by atoms with van der Waals surface area (Å²) >= 11 is 1.53. The predicted octanol–water partition coefficient (Wildman–Crippen LogP) is 4.91. The Kier molecular flexibility index (Phi) is 7.31. The average molecular weight is 447 g/mol. The van der Waals surface area contributed by atoms with E-state index in [9.17, 15) is 19.5 Å². The minimum Gasteiger partial charge on any atom is -0.481 e. The molecule has 0 spiro atoms. The lowest BCUT2D eigenvalue weighted by Gasteiger charge is -2.27. The number of thiophene rings is 1. The molecule has 1 heterocycles. The molecule has 0 aliphatic heterocycles. The van der Waals surface area contributed by atoms with E-state index in [2.05, 4.69) is 10.6 Å². The molecule has 6 nitrogen and oxygen atoms in total. The molecule has 2 fully saturated rings. The number of hydrogen-bond acceptors (Lipinski definition) is 4. The number of amides is 2. The fourth-order valence-corrected chi connectivity index (χ4v) is 6.81. The van der Waals surface area contributed by atoms with Crippen LogP contribution in [0.5, 0.6) is 0 Å². The molecular formula is C24H34N2O4S. The Morgan fingerprint density at radius 1 is 0.806 bits per heavy atom. The number of hydrogen-bond donors (Lipinski definition) is 3. The summed E-state index contributed by atoms with van der Waals surface area (Å²) in [6.07, 6.45) is 13.6. The molecule has 2 amide bonds. The van der Waals surface area contributed by atoms with Gasteiger partial charge in [0.25, 0.3) is 5.91 Å². The summed E-state index contributed by atoms with van der Waals surface area (Å²) in [4.78, 5) is 39.4. The summed E-state index contributed by atoms with van der Waals surface area (Å²) in [6.45, 7) is 0.